The highest BCUT2D eigenvalue weighted by molar-refractivity contribution is 6.42. The van der Waals surface area contributed by atoms with E-state index in [-0.39, 0.29) is 17.7 Å². The molecule has 0 spiro atoms. The minimum Gasteiger partial charge on any atom is -0.339 e. The van der Waals surface area contributed by atoms with Gasteiger partial charge in [0, 0.05) is 24.7 Å². The summed E-state index contributed by atoms with van der Waals surface area (Å²) >= 11 is 18.0. The molecular formula is C19H17Cl3N2O2. The van der Waals surface area contributed by atoms with Crippen molar-refractivity contribution in [2.24, 2.45) is 5.92 Å². The first-order valence-electron chi connectivity index (χ1n) is 8.25. The zero-order valence-corrected chi connectivity index (χ0v) is 16.1. The second-order valence-corrected chi connectivity index (χ2v) is 7.39. The van der Waals surface area contributed by atoms with Crippen LogP contribution in [-0.2, 0) is 4.79 Å². The highest BCUT2D eigenvalue weighted by Gasteiger charge is 2.28. The molecule has 1 aliphatic rings. The second kappa shape index (κ2) is 8.30. The van der Waals surface area contributed by atoms with Crippen molar-refractivity contribution >= 4 is 52.3 Å². The third-order valence-corrected chi connectivity index (χ3v) is 5.51. The van der Waals surface area contributed by atoms with Gasteiger partial charge in [-0.2, -0.15) is 0 Å². The Bertz CT molecular complexity index is 833. The molecule has 1 heterocycles. The van der Waals surface area contributed by atoms with Gasteiger partial charge < -0.3 is 10.2 Å². The van der Waals surface area contributed by atoms with Gasteiger partial charge in [0.1, 0.15) is 0 Å². The van der Waals surface area contributed by atoms with Crippen LogP contribution in [-0.4, -0.2) is 29.8 Å². The van der Waals surface area contributed by atoms with Gasteiger partial charge in [0.2, 0.25) is 5.91 Å². The normalized spacial score (nSPS) is 15.0. The average molecular weight is 412 g/mol. The molecule has 1 saturated heterocycles. The van der Waals surface area contributed by atoms with Crippen LogP contribution in [0.25, 0.3) is 0 Å². The summed E-state index contributed by atoms with van der Waals surface area (Å²) < 4.78 is 0. The van der Waals surface area contributed by atoms with Gasteiger partial charge in [-0.25, -0.2) is 0 Å². The number of nitrogens with one attached hydrogen (secondary N) is 1. The molecule has 2 amide bonds. The summed E-state index contributed by atoms with van der Waals surface area (Å²) in [5, 5.41) is 4.13. The number of rotatable bonds is 3. The molecule has 0 atom stereocenters. The van der Waals surface area contributed by atoms with Crippen molar-refractivity contribution < 1.29 is 9.59 Å². The first-order chi connectivity index (χ1) is 12.5. The van der Waals surface area contributed by atoms with Crippen molar-refractivity contribution in [1.29, 1.82) is 0 Å². The maximum Gasteiger partial charge on any atom is 0.255 e. The zero-order valence-electron chi connectivity index (χ0n) is 13.8. The number of nitrogens with zero attached hydrogens (tertiary/aromatic N) is 1. The summed E-state index contributed by atoms with van der Waals surface area (Å²) in [4.78, 5) is 26.8. The molecule has 26 heavy (non-hydrogen) atoms. The van der Waals surface area contributed by atoms with E-state index < -0.39 is 0 Å². The summed E-state index contributed by atoms with van der Waals surface area (Å²) in [6, 6.07) is 12.0. The maximum atomic E-state index is 12.6. The van der Waals surface area contributed by atoms with Gasteiger partial charge in [-0.3, -0.25) is 9.59 Å². The van der Waals surface area contributed by atoms with Crippen molar-refractivity contribution in [3.8, 4) is 0 Å². The van der Waals surface area contributed by atoms with E-state index in [1.54, 1.807) is 47.4 Å². The molecule has 0 bridgehead atoms. The van der Waals surface area contributed by atoms with Gasteiger partial charge in [0.05, 0.1) is 20.6 Å². The molecule has 1 aliphatic heterocycles. The number of hydrogen-bond donors (Lipinski definition) is 1. The van der Waals surface area contributed by atoms with Crippen molar-refractivity contribution in [2.45, 2.75) is 12.8 Å². The number of carbonyl (C=O) groups excluding carboxylic acids is 2. The maximum absolute atomic E-state index is 12.6. The third-order valence-electron chi connectivity index (χ3n) is 4.44. The topological polar surface area (TPSA) is 49.4 Å². The largest absolute Gasteiger partial charge is 0.339 e. The van der Waals surface area contributed by atoms with Gasteiger partial charge in [0.15, 0.2) is 0 Å². The Kier molecular flexibility index (Phi) is 6.07. The van der Waals surface area contributed by atoms with Crippen molar-refractivity contribution in [3.63, 3.8) is 0 Å². The Morgan fingerprint density at radius 2 is 1.62 bits per heavy atom. The van der Waals surface area contributed by atoms with E-state index in [2.05, 4.69) is 5.32 Å². The molecule has 4 nitrogen and oxygen atoms in total. The third kappa shape index (κ3) is 4.32. The molecule has 2 aromatic rings. The average Bonchev–Trinajstić information content (AvgIpc) is 2.65. The first-order valence-corrected chi connectivity index (χ1v) is 9.39. The van der Waals surface area contributed by atoms with Crippen molar-refractivity contribution in [2.75, 3.05) is 18.4 Å². The smallest absolute Gasteiger partial charge is 0.255 e. The van der Waals surface area contributed by atoms with Crippen molar-refractivity contribution in [1.82, 2.24) is 4.90 Å². The highest BCUT2D eigenvalue weighted by Crippen LogP contribution is 2.27. The Balaban J connectivity index is 1.57. The monoisotopic (exact) mass is 410 g/mol. The summed E-state index contributed by atoms with van der Waals surface area (Å²) in [6.45, 7) is 1.03. The Hall–Kier alpha value is -1.75. The van der Waals surface area contributed by atoms with Crippen LogP contribution in [0.3, 0.4) is 0 Å². The van der Waals surface area contributed by atoms with Crippen LogP contribution >= 0.6 is 34.8 Å². The van der Waals surface area contributed by atoms with Crippen LogP contribution < -0.4 is 5.32 Å². The number of anilines is 1. The fourth-order valence-electron chi connectivity index (χ4n) is 2.97. The fourth-order valence-corrected chi connectivity index (χ4v) is 3.48. The van der Waals surface area contributed by atoms with E-state index in [0.717, 1.165) is 0 Å². The number of carbonyl (C=O) groups is 2. The van der Waals surface area contributed by atoms with E-state index in [9.17, 15) is 9.59 Å². The van der Waals surface area contributed by atoms with Crippen LogP contribution in [0.1, 0.15) is 23.2 Å². The SMILES string of the molecule is O=C(Nc1ccc(Cl)c(Cl)c1)C1CCN(C(=O)c2ccccc2Cl)CC1. The Morgan fingerprint density at radius 3 is 2.27 bits per heavy atom. The van der Waals surface area contributed by atoms with Gasteiger partial charge in [-0.15, -0.1) is 0 Å². The summed E-state index contributed by atoms with van der Waals surface area (Å²) in [5.74, 6) is -0.327. The predicted molar refractivity (Wildman–Crippen MR) is 105 cm³/mol. The van der Waals surface area contributed by atoms with E-state index in [1.165, 1.54) is 0 Å². The van der Waals surface area contributed by atoms with E-state index in [4.69, 9.17) is 34.8 Å². The van der Waals surface area contributed by atoms with Crippen molar-refractivity contribution in [3.05, 3.63) is 63.1 Å². The van der Waals surface area contributed by atoms with Gasteiger partial charge in [-0.05, 0) is 43.2 Å². The minimum atomic E-state index is -0.153. The molecule has 136 valence electrons. The lowest BCUT2D eigenvalue weighted by Gasteiger charge is -2.31. The number of benzene rings is 2. The highest BCUT2D eigenvalue weighted by atomic mass is 35.5. The van der Waals surface area contributed by atoms with Crippen LogP contribution in [0.5, 0.6) is 0 Å². The van der Waals surface area contributed by atoms with Crippen LogP contribution in [0.15, 0.2) is 42.5 Å². The lowest BCUT2D eigenvalue weighted by Crippen LogP contribution is -2.41. The second-order valence-electron chi connectivity index (χ2n) is 6.16. The van der Waals surface area contributed by atoms with Crippen LogP contribution in [0.2, 0.25) is 15.1 Å². The van der Waals surface area contributed by atoms with Crippen LogP contribution in [0.4, 0.5) is 5.69 Å². The molecular weight excluding hydrogens is 395 g/mol. The molecule has 0 radical (unpaired) electrons. The molecule has 7 heteroatoms. The molecule has 0 unspecified atom stereocenters. The lowest BCUT2D eigenvalue weighted by molar-refractivity contribution is -0.121. The predicted octanol–water partition coefficient (Wildman–Crippen LogP) is 5.14. The summed E-state index contributed by atoms with van der Waals surface area (Å²) in [6.07, 6.45) is 1.20. The Morgan fingerprint density at radius 1 is 0.923 bits per heavy atom. The van der Waals surface area contributed by atoms with E-state index >= 15 is 0 Å². The number of piperidine rings is 1. The summed E-state index contributed by atoms with van der Waals surface area (Å²) in [7, 11) is 0. The number of likely N-dealkylation sites (tertiary alicyclic amines) is 1. The van der Waals surface area contributed by atoms with Gasteiger partial charge in [-0.1, -0.05) is 46.9 Å². The fraction of sp³-hybridized carbons (Fsp3) is 0.263. The number of amides is 2. The molecule has 0 saturated carbocycles. The number of halogens is 3. The molecule has 0 aliphatic carbocycles. The number of hydrogen-bond acceptors (Lipinski definition) is 2. The minimum absolute atomic E-state index is 0.0757. The lowest BCUT2D eigenvalue weighted by atomic mass is 9.95. The van der Waals surface area contributed by atoms with Gasteiger partial charge in [0.25, 0.3) is 5.91 Å². The van der Waals surface area contributed by atoms with Gasteiger partial charge >= 0.3 is 0 Å². The molecule has 1 fully saturated rings. The van der Waals surface area contributed by atoms with E-state index in [1.807, 2.05) is 0 Å². The standard InChI is InChI=1S/C19H17Cl3N2O2/c20-15-4-2-1-3-14(15)19(26)24-9-7-12(8-10-24)18(25)23-13-5-6-16(21)17(22)11-13/h1-6,11-12H,7-10H2,(H,23,25). The Labute approximate surface area is 167 Å². The quantitative estimate of drug-likeness (QED) is 0.760. The molecule has 0 aromatic heterocycles. The molecule has 1 N–H and O–H groups in total. The van der Waals surface area contributed by atoms with Crippen LogP contribution in [0, 0.1) is 5.92 Å². The zero-order chi connectivity index (χ0) is 18.7. The first kappa shape index (κ1) is 19.0. The molecule has 2 aromatic carbocycles. The molecule has 3 rings (SSSR count). The van der Waals surface area contributed by atoms with E-state index in [0.29, 0.717) is 52.2 Å². The summed E-state index contributed by atoms with van der Waals surface area (Å²) in [5.41, 5.74) is 1.10.